The van der Waals surface area contributed by atoms with Crippen LogP contribution < -0.4 is 24.0 Å². The van der Waals surface area contributed by atoms with Crippen LogP contribution in [0.4, 0.5) is 0 Å². The number of esters is 3. The highest BCUT2D eigenvalue weighted by Crippen LogP contribution is 2.61. The molecule has 0 radical (unpaired) electrons. The molecule has 0 amide bonds. The van der Waals surface area contributed by atoms with Crippen molar-refractivity contribution < 1.29 is 72.1 Å². The second-order valence-electron chi connectivity index (χ2n) is 15.0. The van der Waals surface area contributed by atoms with Crippen molar-refractivity contribution in [3.05, 3.63) is 59.2 Å². The Bertz CT molecular complexity index is 1450. The van der Waals surface area contributed by atoms with Gasteiger partial charge in [-0.1, -0.05) is 57.7 Å². The van der Waals surface area contributed by atoms with Gasteiger partial charge in [-0.3, -0.25) is 19.2 Å². The molecule has 0 spiro atoms. The fourth-order valence-electron chi connectivity index (χ4n) is 8.29. The number of fused-ring (bicyclic) bond motifs is 3. The Kier molecular flexibility index (Phi) is 11.3. The lowest BCUT2D eigenvalue weighted by Gasteiger charge is -2.61. The van der Waals surface area contributed by atoms with E-state index < -0.39 is 70.5 Å². The summed E-state index contributed by atoms with van der Waals surface area (Å²) >= 11 is 0. The fourth-order valence-corrected chi connectivity index (χ4v) is 8.29. The molecule has 1 aromatic carbocycles. The fraction of sp³-hybridized carbons (Fsp3) is 0.611. The minimum Gasteiger partial charge on any atom is -1.00 e. The number of nitrogens with zero attached hydrogens (tertiary/aromatic N) is 1. The van der Waals surface area contributed by atoms with Crippen LogP contribution in [0.25, 0.3) is 0 Å². The lowest BCUT2D eigenvalue weighted by atomic mass is 9.48. The molecule has 1 unspecified atom stereocenters. The van der Waals surface area contributed by atoms with Gasteiger partial charge in [0, 0.05) is 42.6 Å². The van der Waals surface area contributed by atoms with Crippen molar-refractivity contribution in [2.45, 2.75) is 103 Å². The van der Waals surface area contributed by atoms with Crippen LogP contribution in [0.2, 0.25) is 0 Å². The number of rotatable bonds is 7. The predicted molar refractivity (Wildman–Crippen MR) is 170 cm³/mol. The molecule has 0 aliphatic heterocycles. The number of benzene rings is 1. The van der Waals surface area contributed by atoms with E-state index in [2.05, 4.69) is 6.58 Å². The summed E-state index contributed by atoms with van der Waals surface area (Å²) in [6.45, 7) is 13.6. The molecule has 11 heteroatoms. The van der Waals surface area contributed by atoms with Gasteiger partial charge in [-0.25, -0.2) is 0 Å². The van der Waals surface area contributed by atoms with Crippen molar-refractivity contribution >= 4 is 23.7 Å². The number of aliphatic hydroxyl groups is 2. The summed E-state index contributed by atoms with van der Waals surface area (Å²) in [7, 11) is 6.02. The summed E-state index contributed by atoms with van der Waals surface area (Å²) < 4.78 is 18.4. The monoisotopic (exact) mass is 767 g/mol. The van der Waals surface area contributed by atoms with E-state index in [1.807, 2.05) is 51.5 Å². The second kappa shape index (κ2) is 13.7. The van der Waals surface area contributed by atoms with Crippen LogP contribution in [0.5, 0.6) is 0 Å². The minimum absolute atomic E-state index is 0. The van der Waals surface area contributed by atoms with Gasteiger partial charge in [0.05, 0.1) is 21.1 Å². The number of allylic oxidation sites excluding steroid dienone is 1. The lowest BCUT2D eigenvalue weighted by molar-refractivity contribution is -0.901. The summed E-state index contributed by atoms with van der Waals surface area (Å²) in [6.07, 6.45) is -4.57. The third kappa shape index (κ3) is 6.95. The zero-order chi connectivity index (χ0) is 34.6. The number of hydrogen-bond acceptors (Lipinski definition) is 9. The van der Waals surface area contributed by atoms with Crippen molar-refractivity contribution in [2.75, 3.05) is 21.1 Å². The Labute approximate surface area is 295 Å². The lowest BCUT2D eigenvalue weighted by Crippen LogP contribution is -3.00. The summed E-state index contributed by atoms with van der Waals surface area (Å²) in [6, 6.07) is 9.52. The van der Waals surface area contributed by atoms with Crippen LogP contribution in [-0.2, 0) is 33.4 Å². The van der Waals surface area contributed by atoms with E-state index in [0.29, 0.717) is 10.1 Å². The average molecular weight is 768 g/mol. The summed E-state index contributed by atoms with van der Waals surface area (Å²) in [5.41, 5.74) is -2.57. The maximum Gasteiger partial charge on any atom is 0.312 e. The minimum atomic E-state index is -1.98. The first-order valence-corrected chi connectivity index (χ1v) is 15.9. The number of quaternary nitrogens is 1. The molecular weight excluding hydrogens is 717 g/mol. The number of aliphatic hydroxyl groups excluding tert-OH is 1. The van der Waals surface area contributed by atoms with Crippen LogP contribution >= 0.6 is 0 Å². The van der Waals surface area contributed by atoms with E-state index in [0.717, 1.165) is 5.56 Å². The molecule has 2 saturated carbocycles. The highest BCUT2D eigenvalue weighted by atomic mass is 127. The third-order valence-electron chi connectivity index (χ3n) is 10.8. The Morgan fingerprint density at radius 1 is 1.00 bits per heavy atom. The van der Waals surface area contributed by atoms with Crippen LogP contribution in [-0.4, -0.2) is 89.5 Å². The molecule has 2 N–H and O–H groups in total. The quantitative estimate of drug-likeness (QED) is 0.137. The Hall–Kier alpha value is -2.61. The number of halogens is 1. The summed E-state index contributed by atoms with van der Waals surface area (Å²) in [5, 5.41) is 24.6. The van der Waals surface area contributed by atoms with Crippen LogP contribution in [0, 0.1) is 16.7 Å². The first kappa shape index (κ1) is 38.8. The highest BCUT2D eigenvalue weighted by Gasteiger charge is 2.68. The van der Waals surface area contributed by atoms with E-state index in [1.165, 1.54) is 13.8 Å². The zero-order valence-electron chi connectivity index (χ0n) is 29.0. The normalized spacial score (nSPS) is 32.5. The SMILES string of the molecule is C=C1[C@@H](OC(=O)CC(c2ccccc2)[N+](C)(C)C)CC[C@@]2(C)[C@@H](OC(C)=O)[C@H](O)C3=C(C)C(=O)C[C@@](O)([C@@H](OC(C)=O)[C@H]12)C3(C)C.[I-]. The van der Waals surface area contributed by atoms with Gasteiger partial charge >= 0.3 is 17.9 Å². The second-order valence-corrected chi connectivity index (χ2v) is 15.0. The molecule has 0 aromatic heterocycles. The molecule has 10 nitrogen and oxygen atoms in total. The first-order valence-electron chi connectivity index (χ1n) is 15.9. The molecule has 3 aliphatic rings. The van der Waals surface area contributed by atoms with E-state index in [1.54, 1.807) is 27.7 Å². The van der Waals surface area contributed by atoms with Gasteiger partial charge in [-0.2, -0.15) is 0 Å². The average Bonchev–Trinajstić information content (AvgIpc) is 2.93. The topological polar surface area (TPSA) is 136 Å². The van der Waals surface area contributed by atoms with Crippen molar-refractivity contribution in [3.8, 4) is 0 Å². The third-order valence-corrected chi connectivity index (χ3v) is 10.8. The largest absolute Gasteiger partial charge is 1.00 e. The Morgan fingerprint density at radius 2 is 1.55 bits per heavy atom. The standard InChI is InChI=1S/C36H50NO9.HI/c1-20-26(40)19-36(43)32(44-22(3)38)30-21(2)27(46-28(41)18-25(37(8,9)10)24-14-12-11-13-15-24)16-17-35(30,7)33(45-23(4)39)31(42)29(20)34(36,5)6;/h11-15,25,27,30-33,42-43H,2,16-19H2,1,3-10H3;1H/q+1;/p-1/t25?,27-,30-,31+,32-,33-,35+,36+;/m0./s1. The van der Waals surface area contributed by atoms with Gasteiger partial charge in [0.1, 0.15) is 42.5 Å². The van der Waals surface area contributed by atoms with E-state index in [-0.39, 0.29) is 66.8 Å². The molecule has 2 bridgehead atoms. The van der Waals surface area contributed by atoms with Crippen molar-refractivity contribution in [2.24, 2.45) is 16.7 Å². The van der Waals surface area contributed by atoms with Crippen LogP contribution in [0.15, 0.2) is 53.6 Å². The Morgan fingerprint density at radius 3 is 2.09 bits per heavy atom. The Balaban J connectivity index is 0.00000600. The van der Waals surface area contributed by atoms with Gasteiger partial charge < -0.3 is 52.9 Å². The number of ether oxygens (including phenoxy) is 3. The van der Waals surface area contributed by atoms with Gasteiger partial charge in [0.25, 0.3) is 0 Å². The van der Waals surface area contributed by atoms with Crippen molar-refractivity contribution in [3.63, 3.8) is 0 Å². The van der Waals surface area contributed by atoms with Gasteiger partial charge in [0.15, 0.2) is 5.78 Å². The van der Waals surface area contributed by atoms with Gasteiger partial charge in [-0.15, -0.1) is 0 Å². The molecule has 8 atom stereocenters. The molecule has 260 valence electrons. The molecule has 0 heterocycles. The number of carbonyl (C=O) groups excluding carboxylic acids is 4. The van der Waals surface area contributed by atoms with Crippen LogP contribution in [0.1, 0.15) is 78.8 Å². The number of carbonyl (C=O) groups is 4. The smallest absolute Gasteiger partial charge is 0.312 e. The molecule has 3 aliphatic carbocycles. The maximum atomic E-state index is 13.6. The summed E-state index contributed by atoms with van der Waals surface area (Å²) in [4.78, 5) is 52.3. The zero-order valence-corrected chi connectivity index (χ0v) is 31.1. The van der Waals surface area contributed by atoms with Crippen molar-refractivity contribution in [1.29, 1.82) is 0 Å². The molecule has 1 aromatic rings. The number of Topliss-reactive ketones (excluding diaryl/α,β-unsaturated/α-hetero) is 1. The van der Waals surface area contributed by atoms with Gasteiger partial charge in [0.2, 0.25) is 0 Å². The molecule has 0 saturated heterocycles. The molecule has 2 fully saturated rings. The predicted octanol–water partition coefficient (Wildman–Crippen LogP) is 0.997. The molecule has 47 heavy (non-hydrogen) atoms. The van der Waals surface area contributed by atoms with Crippen molar-refractivity contribution in [1.82, 2.24) is 0 Å². The van der Waals surface area contributed by atoms with Crippen LogP contribution in [0.3, 0.4) is 0 Å². The van der Waals surface area contributed by atoms with E-state index >= 15 is 0 Å². The molecule has 4 rings (SSSR count). The number of hydrogen-bond donors (Lipinski definition) is 2. The summed E-state index contributed by atoms with van der Waals surface area (Å²) in [5.74, 6) is -3.18. The van der Waals surface area contributed by atoms with Gasteiger partial charge in [-0.05, 0) is 36.5 Å². The first-order chi connectivity index (χ1) is 21.2. The molecular formula is C36H50INO9. The van der Waals surface area contributed by atoms with E-state index in [4.69, 9.17) is 14.2 Å². The maximum absolute atomic E-state index is 13.6. The van der Waals surface area contributed by atoms with E-state index in [9.17, 15) is 29.4 Å². The highest BCUT2D eigenvalue weighted by molar-refractivity contribution is 5.98. The number of ketones is 1.